The molecule has 0 radical (unpaired) electrons. The molecule has 0 aliphatic carbocycles. The van der Waals surface area contributed by atoms with E-state index in [1.165, 1.54) is 18.7 Å². The van der Waals surface area contributed by atoms with E-state index in [1.807, 2.05) is 13.8 Å². The Hall–Kier alpha value is -3.78. The topological polar surface area (TPSA) is 311 Å². The molecular formula is C28H51N9O9S2. The zero-order valence-electron chi connectivity index (χ0n) is 27.7. The van der Waals surface area contributed by atoms with Crippen molar-refractivity contribution in [1.82, 2.24) is 26.6 Å². The first kappa shape index (κ1) is 44.2. The van der Waals surface area contributed by atoms with E-state index < -0.39 is 77.7 Å². The van der Waals surface area contributed by atoms with Gasteiger partial charge in [-0.05, 0) is 57.0 Å². The van der Waals surface area contributed by atoms with Crippen molar-refractivity contribution in [1.29, 1.82) is 0 Å². The molecule has 0 aliphatic heterocycles. The number of guanidine groups is 1. The smallest absolute Gasteiger partial charge is 0.327 e. The summed E-state index contributed by atoms with van der Waals surface area (Å²) in [6.07, 6.45) is 1.92. The summed E-state index contributed by atoms with van der Waals surface area (Å²) in [5, 5.41) is 30.7. The lowest BCUT2D eigenvalue weighted by Crippen LogP contribution is -2.59. The number of thiol groups is 1. The number of hydrogen-bond donors (Lipinski definition) is 11. The number of carboxylic acids is 2. The normalized spacial score (nSPS) is 14.6. The third-order valence-electron chi connectivity index (χ3n) is 6.72. The van der Waals surface area contributed by atoms with Gasteiger partial charge in [-0.15, -0.1) is 0 Å². The third-order valence-corrected chi connectivity index (χ3v) is 7.73. The average Bonchev–Trinajstić information content (AvgIpc) is 3.00. The maximum Gasteiger partial charge on any atom is 0.327 e. The van der Waals surface area contributed by atoms with Gasteiger partial charge >= 0.3 is 11.9 Å². The van der Waals surface area contributed by atoms with Gasteiger partial charge in [0.15, 0.2) is 5.96 Å². The molecule has 0 bridgehead atoms. The van der Waals surface area contributed by atoms with Crippen molar-refractivity contribution < 1.29 is 43.8 Å². The number of nitrogens with zero attached hydrogens (tertiary/aromatic N) is 1. The Morgan fingerprint density at radius 3 is 1.79 bits per heavy atom. The molecule has 0 heterocycles. The second-order valence-electron chi connectivity index (χ2n) is 11.4. The number of nitrogens with two attached hydrogens (primary N) is 3. The first-order valence-corrected chi connectivity index (χ1v) is 17.3. The van der Waals surface area contributed by atoms with Gasteiger partial charge in [-0.3, -0.25) is 33.8 Å². The first-order valence-electron chi connectivity index (χ1n) is 15.3. The number of thioether (sulfide) groups is 1. The summed E-state index contributed by atoms with van der Waals surface area (Å²) < 4.78 is 0. The Balaban J connectivity index is 5.76. The van der Waals surface area contributed by atoms with E-state index in [0.717, 1.165) is 0 Å². The molecule has 18 nitrogen and oxygen atoms in total. The van der Waals surface area contributed by atoms with Gasteiger partial charge in [0.2, 0.25) is 29.5 Å². The molecule has 0 aromatic rings. The number of hydrogen-bond acceptors (Lipinski definition) is 11. The Morgan fingerprint density at radius 2 is 1.27 bits per heavy atom. The monoisotopic (exact) mass is 721 g/mol. The maximum absolute atomic E-state index is 13.4. The minimum absolute atomic E-state index is 0.0438. The molecule has 0 aliphatic rings. The van der Waals surface area contributed by atoms with E-state index in [-0.39, 0.29) is 62.7 Å². The summed E-state index contributed by atoms with van der Waals surface area (Å²) in [5.41, 5.74) is 16.4. The highest BCUT2D eigenvalue weighted by atomic mass is 32.2. The molecule has 13 N–H and O–H groups in total. The van der Waals surface area contributed by atoms with Crippen LogP contribution in [-0.2, 0) is 33.6 Å². The number of amides is 5. The highest BCUT2D eigenvalue weighted by molar-refractivity contribution is 7.98. The van der Waals surface area contributed by atoms with Crippen molar-refractivity contribution in [2.24, 2.45) is 28.1 Å². The van der Waals surface area contributed by atoms with Crippen LogP contribution < -0.4 is 43.8 Å². The van der Waals surface area contributed by atoms with Crippen LogP contribution in [-0.4, -0.2) is 118 Å². The summed E-state index contributed by atoms with van der Waals surface area (Å²) in [4.78, 5) is 91.3. The Morgan fingerprint density at radius 1 is 0.750 bits per heavy atom. The number of carboxylic acid groups (broad SMARTS) is 2. The fourth-order valence-electron chi connectivity index (χ4n) is 4.07. The van der Waals surface area contributed by atoms with Gasteiger partial charge in [-0.25, -0.2) is 4.79 Å². The van der Waals surface area contributed by atoms with Crippen LogP contribution in [0.4, 0.5) is 0 Å². The summed E-state index contributed by atoms with van der Waals surface area (Å²) in [6.45, 7) is 5.14. The molecule has 5 amide bonds. The summed E-state index contributed by atoms with van der Waals surface area (Å²) in [6, 6.07) is -7.08. The van der Waals surface area contributed by atoms with Gasteiger partial charge in [0.1, 0.15) is 30.2 Å². The molecule has 20 heteroatoms. The lowest BCUT2D eigenvalue weighted by atomic mass is 10.0. The second kappa shape index (κ2) is 23.5. The molecule has 6 atom stereocenters. The van der Waals surface area contributed by atoms with Crippen LogP contribution in [0.3, 0.4) is 0 Å². The molecule has 0 spiro atoms. The van der Waals surface area contributed by atoms with E-state index in [4.69, 9.17) is 22.3 Å². The van der Waals surface area contributed by atoms with Crippen LogP contribution in [0.5, 0.6) is 0 Å². The number of aliphatic carboxylic acids is 2. The highest BCUT2D eigenvalue weighted by Crippen LogP contribution is 2.09. The lowest BCUT2D eigenvalue weighted by molar-refractivity contribution is -0.141. The first-order chi connectivity index (χ1) is 22.4. The van der Waals surface area contributed by atoms with Crippen LogP contribution >= 0.6 is 24.4 Å². The van der Waals surface area contributed by atoms with Crippen molar-refractivity contribution in [3.8, 4) is 0 Å². The van der Waals surface area contributed by atoms with E-state index in [1.54, 1.807) is 6.26 Å². The Bertz CT molecular complexity index is 1140. The van der Waals surface area contributed by atoms with Gasteiger partial charge < -0.3 is 54.0 Å². The summed E-state index contributed by atoms with van der Waals surface area (Å²) >= 11 is 5.36. The zero-order chi connectivity index (χ0) is 37.0. The molecule has 0 unspecified atom stereocenters. The Kier molecular flexibility index (Phi) is 21.7. The molecular weight excluding hydrogens is 670 g/mol. The van der Waals surface area contributed by atoms with E-state index in [2.05, 4.69) is 44.2 Å². The molecule has 0 fully saturated rings. The number of aliphatic imine (C=N–C) groups is 1. The molecule has 274 valence electrons. The highest BCUT2D eigenvalue weighted by Gasteiger charge is 2.31. The van der Waals surface area contributed by atoms with Gasteiger partial charge in [-0.1, -0.05) is 13.8 Å². The van der Waals surface area contributed by atoms with Gasteiger partial charge in [-0.2, -0.15) is 24.4 Å². The zero-order valence-corrected chi connectivity index (χ0v) is 29.4. The third kappa shape index (κ3) is 18.5. The number of rotatable bonds is 24. The molecule has 48 heavy (non-hydrogen) atoms. The molecule has 0 saturated carbocycles. The predicted octanol–water partition coefficient (Wildman–Crippen LogP) is -2.51. The minimum Gasteiger partial charge on any atom is -0.481 e. The molecule has 0 aromatic heterocycles. The van der Waals surface area contributed by atoms with Crippen molar-refractivity contribution in [2.75, 3.05) is 24.3 Å². The number of nitrogens with one attached hydrogen (secondary N) is 5. The van der Waals surface area contributed by atoms with Gasteiger partial charge in [0.05, 0.1) is 6.04 Å². The molecule has 0 saturated heterocycles. The largest absolute Gasteiger partial charge is 0.481 e. The summed E-state index contributed by atoms with van der Waals surface area (Å²) in [7, 11) is 0. The van der Waals surface area contributed by atoms with Crippen LogP contribution in [0, 0.1) is 5.92 Å². The predicted molar refractivity (Wildman–Crippen MR) is 184 cm³/mol. The van der Waals surface area contributed by atoms with E-state index in [9.17, 15) is 38.7 Å². The average molecular weight is 722 g/mol. The fourth-order valence-corrected chi connectivity index (χ4v) is 4.79. The van der Waals surface area contributed by atoms with Crippen molar-refractivity contribution in [2.45, 2.75) is 95.5 Å². The fraction of sp³-hybridized carbons (Fsp3) is 0.714. The SMILES string of the molecule is CSCC[C@H](NC(=O)[C@H](CC(C)C)NC(=O)[C@H](C)NC(=O)[C@H](CCCN=C(N)N)NC(=O)[C@@H](N)CCC(=O)O)C(=O)N[C@@H](CS)C(=O)O. The van der Waals surface area contributed by atoms with Gasteiger partial charge in [0.25, 0.3) is 0 Å². The van der Waals surface area contributed by atoms with Gasteiger partial charge in [0, 0.05) is 18.7 Å². The maximum atomic E-state index is 13.4. The lowest BCUT2D eigenvalue weighted by Gasteiger charge is -2.26. The summed E-state index contributed by atoms with van der Waals surface area (Å²) in [5.74, 6) is -6.05. The standard InChI is InChI=1S/C28H51N9O9S2/c1-14(2)12-19(26(44)35-18(9-11-48-4)25(43)37-20(13-47)27(45)46)36-22(40)15(3)33-24(42)17(6-5-10-32-28(30)31)34-23(41)16(29)7-8-21(38)39/h14-20,47H,5-13,29H2,1-4H3,(H,33,42)(H,34,41)(H,35,44)(H,36,40)(H,37,43)(H,38,39)(H,45,46)(H4,30,31,32)/t15-,16-,17-,18-,19-,20-/m0/s1. The van der Waals surface area contributed by atoms with Crippen LogP contribution in [0.2, 0.25) is 0 Å². The van der Waals surface area contributed by atoms with Crippen LogP contribution in [0.25, 0.3) is 0 Å². The van der Waals surface area contributed by atoms with E-state index >= 15 is 0 Å². The molecule has 0 aromatic carbocycles. The number of carbonyl (C=O) groups is 7. The van der Waals surface area contributed by atoms with Crippen molar-refractivity contribution >= 4 is 71.8 Å². The minimum atomic E-state index is -1.29. The van der Waals surface area contributed by atoms with Crippen molar-refractivity contribution in [3.63, 3.8) is 0 Å². The van der Waals surface area contributed by atoms with E-state index in [0.29, 0.717) is 5.75 Å². The second-order valence-corrected chi connectivity index (χ2v) is 12.7. The Labute approximate surface area is 289 Å². The van der Waals surface area contributed by atoms with Crippen molar-refractivity contribution in [3.05, 3.63) is 0 Å². The molecule has 0 rings (SSSR count). The quantitative estimate of drug-likeness (QED) is 0.0213. The van der Waals surface area contributed by atoms with Crippen LogP contribution in [0.1, 0.15) is 59.3 Å². The van der Waals surface area contributed by atoms with Crippen LogP contribution in [0.15, 0.2) is 4.99 Å². The number of carbonyl (C=O) groups excluding carboxylic acids is 5.